The number of anilines is 1. The molecule has 6 heteroatoms. The Labute approximate surface area is 114 Å². The van der Waals surface area contributed by atoms with Crippen molar-refractivity contribution in [2.45, 2.75) is 18.6 Å². The van der Waals surface area contributed by atoms with E-state index >= 15 is 0 Å². The molecule has 3 rings (SSSR count). The molecule has 1 aliphatic rings. The Morgan fingerprint density at radius 3 is 2.80 bits per heavy atom. The minimum atomic E-state index is -1.11. The summed E-state index contributed by atoms with van der Waals surface area (Å²) in [6.45, 7) is 0.0965. The van der Waals surface area contributed by atoms with Crippen molar-refractivity contribution in [2.75, 3.05) is 11.4 Å². The molecule has 20 heavy (non-hydrogen) atoms. The molecule has 1 aromatic heterocycles. The second-order valence-electron chi connectivity index (χ2n) is 4.75. The molecule has 1 aromatic carbocycles. The third-order valence-corrected chi connectivity index (χ3v) is 3.42. The van der Waals surface area contributed by atoms with Crippen LogP contribution >= 0.6 is 0 Å². The Kier molecular flexibility index (Phi) is 3.30. The predicted octanol–water partition coefficient (Wildman–Crippen LogP) is 3.04. The van der Waals surface area contributed by atoms with Gasteiger partial charge in [-0.2, -0.15) is 5.10 Å². The van der Waals surface area contributed by atoms with Crippen molar-refractivity contribution in [1.82, 2.24) is 10.2 Å². The molecule has 0 unspecified atom stereocenters. The van der Waals surface area contributed by atoms with E-state index in [-0.39, 0.29) is 18.5 Å². The van der Waals surface area contributed by atoms with E-state index in [4.69, 9.17) is 0 Å². The van der Waals surface area contributed by atoms with Gasteiger partial charge in [-0.15, -0.1) is 5.10 Å². The van der Waals surface area contributed by atoms with E-state index in [1.807, 2.05) is 0 Å². The molecule has 1 aliphatic heterocycles. The first kappa shape index (κ1) is 12.9. The quantitative estimate of drug-likeness (QED) is 0.846. The number of nitrogens with zero attached hydrogens (tertiary/aromatic N) is 3. The van der Waals surface area contributed by atoms with Gasteiger partial charge in [0.05, 0.1) is 12.6 Å². The molecular weight excluding hydrogens is 267 g/mol. The first-order valence-corrected chi connectivity index (χ1v) is 6.28. The Hall–Kier alpha value is -2.11. The SMILES string of the molecule is Fc1ccc(F)c([C@H]2C[C@H](F)CN2c2cccnn2)c1. The Morgan fingerprint density at radius 1 is 1.20 bits per heavy atom. The van der Waals surface area contributed by atoms with Gasteiger partial charge in [-0.25, -0.2) is 13.2 Å². The largest absolute Gasteiger partial charge is 0.345 e. The number of hydrogen-bond acceptors (Lipinski definition) is 3. The summed E-state index contributed by atoms with van der Waals surface area (Å²) in [5, 5.41) is 7.66. The van der Waals surface area contributed by atoms with Gasteiger partial charge in [-0.05, 0) is 30.3 Å². The normalized spacial score (nSPS) is 22.2. The van der Waals surface area contributed by atoms with Crippen LogP contribution in [0.3, 0.4) is 0 Å². The van der Waals surface area contributed by atoms with Crippen molar-refractivity contribution >= 4 is 5.82 Å². The van der Waals surface area contributed by atoms with E-state index in [9.17, 15) is 13.2 Å². The van der Waals surface area contributed by atoms with Gasteiger partial charge in [-0.1, -0.05) is 0 Å². The molecule has 0 bridgehead atoms. The Morgan fingerprint density at radius 2 is 2.05 bits per heavy atom. The maximum absolute atomic E-state index is 13.9. The van der Waals surface area contributed by atoms with Crippen LogP contribution in [-0.4, -0.2) is 22.9 Å². The van der Waals surface area contributed by atoms with Crippen LogP contribution in [0.5, 0.6) is 0 Å². The van der Waals surface area contributed by atoms with Gasteiger partial charge >= 0.3 is 0 Å². The lowest BCUT2D eigenvalue weighted by Crippen LogP contribution is -2.25. The van der Waals surface area contributed by atoms with Crippen molar-refractivity contribution in [3.63, 3.8) is 0 Å². The standard InChI is InChI=1S/C14H12F3N3/c15-9-3-4-12(17)11(6-9)13-7-10(16)8-20(13)14-2-1-5-18-19-14/h1-6,10,13H,7-8H2/t10-,13+/m0/s1. The summed E-state index contributed by atoms with van der Waals surface area (Å²) in [5.41, 5.74) is 0.149. The zero-order chi connectivity index (χ0) is 14.1. The number of benzene rings is 1. The minimum absolute atomic E-state index is 0.0965. The molecule has 104 valence electrons. The highest BCUT2D eigenvalue weighted by molar-refractivity contribution is 5.44. The van der Waals surface area contributed by atoms with Crippen molar-refractivity contribution < 1.29 is 13.2 Å². The van der Waals surface area contributed by atoms with E-state index in [2.05, 4.69) is 10.2 Å². The molecule has 2 atom stereocenters. The number of hydrogen-bond donors (Lipinski definition) is 0. The number of rotatable bonds is 2. The summed E-state index contributed by atoms with van der Waals surface area (Å²) in [4.78, 5) is 1.62. The molecule has 0 radical (unpaired) electrons. The smallest absolute Gasteiger partial charge is 0.151 e. The summed E-state index contributed by atoms with van der Waals surface area (Å²) in [5.74, 6) is -0.622. The topological polar surface area (TPSA) is 29.0 Å². The lowest BCUT2D eigenvalue weighted by molar-refractivity contribution is 0.355. The number of aromatic nitrogens is 2. The summed E-state index contributed by atoms with van der Waals surface area (Å²) < 4.78 is 40.9. The van der Waals surface area contributed by atoms with Crippen LogP contribution in [0.1, 0.15) is 18.0 Å². The molecule has 1 fully saturated rings. The number of alkyl halides is 1. The van der Waals surface area contributed by atoms with E-state index < -0.39 is 23.8 Å². The summed E-state index contributed by atoms with van der Waals surface area (Å²) in [7, 11) is 0. The molecule has 0 spiro atoms. The fourth-order valence-corrected chi connectivity index (χ4v) is 2.55. The van der Waals surface area contributed by atoms with Crippen LogP contribution in [0.2, 0.25) is 0 Å². The monoisotopic (exact) mass is 279 g/mol. The van der Waals surface area contributed by atoms with Gasteiger partial charge in [0.2, 0.25) is 0 Å². The summed E-state index contributed by atoms with van der Waals surface area (Å²) in [6, 6.07) is 6.00. The zero-order valence-electron chi connectivity index (χ0n) is 10.5. The Bertz CT molecular complexity index is 606. The van der Waals surface area contributed by atoms with Crippen LogP contribution in [0.25, 0.3) is 0 Å². The molecular formula is C14H12F3N3. The van der Waals surface area contributed by atoms with Gasteiger partial charge in [0.15, 0.2) is 5.82 Å². The van der Waals surface area contributed by atoms with Gasteiger partial charge in [0.25, 0.3) is 0 Å². The third kappa shape index (κ3) is 2.33. The Balaban J connectivity index is 2.00. The van der Waals surface area contributed by atoms with E-state index in [0.29, 0.717) is 5.82 Å². The maximum atomic E-state index is 13.9. The van der Waals surface area contributed by atoms with Gasteiger partial charge in [-0.3, -0.25) is 0 Å². The molecule has 0 amide bonds. The van der Waals surface area contributed by atoms with Crippen LogP contribution in [0, 0.1) is 11.6 Å². The van der Waals surface area contributed by atoms with Gasteiger partial charge in [0.1, 0.15) is 17.8 Å². The number of halogens is 3. The van der Waals surface area contributed by atoms with E-state index in [0.717, 1.165) is 18.2 Å². The molecule has 2 heterocycles. The highest BCUT2D eigenvalue weighted by Crippen LogP contribution is 2.37. The van der Waals surface area contributed by atoms with Gasteiger partial charge < -0.3 is 4.90 Å². The minimum Gasteiger partial charge on any atom is -0.345 e. The molecule has 0 aliphatic carbocycles. The first-order valence-electron chi connectivity index (χ1n) is 6.28. The van der Waals surface area contributed by atoms with Crippen LogP contribution < -0.4 is 4.90 Å². The lowest BCUT2D eigenvalue weighted by atomic mass is 10.0. The van der Waals surface area contributed by atoms with Crippen molar-refractivity contribution in [3.8, 4) is 0 Å². The predicted molar refractivity (Wildman–Crippen MR) is 68.0 cm³/mol. The van der Waals surface area contributed by atoms with E-state index in [1.54, 1.807) is 17.0 Å². The second-order valence-corrected chi connectivity index (χ2v) is 4.75. The molecule has 0 N–H and O–H groups in total. The molecule has 3 nitrogen and oxygen atoms in total. The zero-order valence-corrected chi connectivity index (χ0v) is 10.5. The van der Waals surface area contributed by atoms with Crippen LogP contribution in [-0.2, 0) is 0 Å². The van der Waals surface area contributed by atoms with Crippen molar-refractivity contribution in [2.24, 2.45) is 0 Å². The average molecular weight is 279 g/mol. The van der Waals surface area contributed by atoms with Crippen LogP contribution in [0.4, 0.5) is 19.0 Å². The van der Waals surface area contributed by atoms with Crippen LogP contribution in [0.15, 0.2) is 36.5 Å². The lowest BCUT2D eigenvalue weighted by Gasteiger charge is -2.25. The second kappa shape index (κ2) is 5.11. The fraction of sp³-hybridized carbons (Fsp3) is 0.286. The average Bonchev–Trinajstić information content (AvgIpc) is 2.84. The van der Waals surface area contributed by atoms with E-state index in [1.165, 1.54) is 6.20 Å². The molecule has 1 saturated heterocycles. The maximum Gasteiger partial charge on any atom is 0.151 e. The summed E-state index contributed by atoms with van der Waals surface area (Å²) >= 11 is 0. The first-order chi connectivity index (χ1) is 9.65. The van der Waals surface area contributed by atoms with Crippen molar-refractivity contribution in [3.05, 3.63) is 53.7 Å². The van der Waals surface area contributed by atoms with Gasteiger partial charge in [0, 0.05) is 18.2 Å². The molecule has 0 saturated carbocycles. The highest BCUT2D eigenvalue weighted by atomic mass is 19.1. The fourth-order valence-electron chi connectivity index (χ4n) is 2.55. The molecule has 2 aromatic rings. The summed E-state index contributed by atoms with van der Waals surface area (Å²) in [6.07, 6.45) is 0.506. The van der Waals surface area contributed by atoms with Crippen molar-refractivity contribution in [1.29, 1.82) is 0 Å². The third-order valence-electron chi connectivity index (χ3n) is 3.42. The highest BCUT2D eigenvalue weighted by Gasteiger charge is 2.35.